The topological polar surface area (TPSA) is 54.9 Å². The largest absolute Gasteiger partial charge is 0.423 e. The highest BCUT2D eigenvalue weighted by Gasteiger charge is 2.23. The number of aliphatic hydroxyl groups excluding tert-OH is 1. The number of likely N-dealkylation sites (tertiary alicyclic amines) is 1. The van der Waals surface area contributed by atoms with Gasteiger partial charge >= 0.3 is 5.63 Å². The van der Waals surface area contributed by atoms with Crippen molar-refractivity contribution in [2.45, 2.75) is 32.7 Å². The third-order valence-corrected chi connectivity index (χ3v) is 4.72. The Morgan fingerprint density at radius 3 is 3.00 bits per heavy atom. The summed E-state index contributed by atoms with van der Waals surface area (Å²) in [6.45, 7) is 5.26. The Hall–Kier alpha value is -1.65. The van der Waals surface area contributed by atoms with Gasteiger partial charge in [-0.15, -0.1) is 0 Å². The maximum atomic E-state index is 11.9. The second kappa shape index (κ2) is 6.63. The number of fused-ring (bicyclic) bond motifs is 1. The van der Waals surface area contributed by atoms with Crippen molar-refractivity contribution in [2.75, 3.05) is 19.7 Å². The zero-order valence-corrected chi connectivity index (χ0v) is 13.1. The molecule has 2 heterocycles. The summed E-state index contributed by atoms with van der Waals surface area (Å²) < 4.78 is 5.37. The lowest BCUT2D eigenvalue weighted by Gasteiger charge is -2.29. The highest BCUT2D eigenvalue weighted by molar-refractivity contribution is 5.80. The molecule has 1 aromatic carbocycles. The first-order valence-corrected chi connectivity index (χ1v) is 8.19. The number of rotatable bonds is 4. The zero-order valence-electron chi connectivity index (χ0n) is 13.1. The van der Waals surface area contributed by atoms with E-state index in [0.29, 0.717) is 11.5 Å². The van der Waals surface area contributed by atoms with Crippen LogP contribution in [-0.2, 0) is 13.0 Å². The van der Waals surface area contributed by atoms with E-state index in [1.807, 2.05) is 6.07 Å². The van der Waals surface area contributed by atoms with Gasteiger partial charge in [0.15, 0.2) is 0 Å². The molecule has 1 saturated heterocycles. The van der Waals surface area contributed by atoms with Gasteiger partial charge in [0.2, 0.25) is 0 Å². The first kappa shape index (κ1) is 15.3. The fourth-order valence-electron chi connectivity index (χ4n) is 3.48. The molecule has 4 nitrogen and oxygen atoms in total. The smallest absolute Gasteiger partial charge is 0.336 e. The van der Waals surface area contributed by atoms with Crippen LogP contribution in [-0.4, -0.2) is 24.8 Å². The molecule has 118 valence electrons. The molecule has 0 bridgehead atoms. The van der Waals surface area contributed by atoms with Crippen LogP contribution in [0.4, 0.5) is 0 Å². The number of aliphatic hydroxyl groups is 1. The van der Waals surface area contributed by atoms with Gasteiger partial charge in [0.1, 0.15) is 12.1 Å². The lowest BCUT2D eigenvalue weighted by atomic mass is 9.98. The number of hydrogen-bond donors (Lipinski definition) is 2. The molecule has 1 fully saturated rings. The van der Waals surface area contributed by atoms with Gasteiger partial charge < -0.3 is 14.4 Å². The van der Waals surface area contributed by atoms with Crippen LogP contribution in [0.3, 0.4) is 0 Å². The third-order valence-electron chi connectivity index (χ3n) is 4.72. The number of benzene rings is 1. The molecule has 0 radical (unpaired) electrons. The van der Waals surface area contributed by atoms with Gasteiger partial charge in [0.25, 0.3) is 0 Å². The fourth-order valence-corrected chi connectivity index (χ4v) is 3.48. The molecule has 0 saturated carbocycles. The van der Waals surface area contributed by atoms with Gasteiger partial charge in [-0.05, 0) is 30.9 Å². The highest BCUT2D eigenvalue weighted by atomic mass is 16.4. The second-order valence-corrected chi connectivity index (χ2v) is 6.35. The van der Waals surface area contributed by atoms with Gasteiger partial charge in [-0.2, -0.15) is 0 Å². The lowest BCUT2D eigenvalue weighted by Crippen LogP contribution is -3.12. The standard InChI is InChI=1S/C18H23NO3/c1-2-13-5-6-16-15(9-18(21)22-17(16)8-13)11-19-7-3-4-14(10-19)12-20/h5-6,8-9,14,20H,2-4,7,10-12H2,1H3/p+1/t14-/m0/s1. The van der Waals surface area contributed by atoms with Crippen LogP contribution >= 0.6 is 0 Å². The van der Waals surface area contributed by atoms with Crippen molar-refractivity contribution >= 4 is 11.0 Å². The summed E-state index contributed by atoms with van der Waals surface area (Å²) in [6, 6.07) is 7.78. The minimum Gasteiger partial charge on any atom is -0.423 e. The molecule has 1 aromatic heterocycles. The maximum Gasteiger partial charge on any atom is 0.336 e. The molecule has 0 aliphatic carbocycles. The van der Waals surface area contributed by atoms with Crippen LogP contribution in [0.2, 0.25) is 0 Å². The summed E-state index contributed by atoms with van der Waals surface area (Å²) in [5.74, 6) is 0.391. The highest BCUT2D eigenvalue weighted by Crippen LogP contribution is 2.19. The first-order valence-electron chi connectivity index (χ1n) is 8.19. The van der Waals surface area contributed by atoms with Crippen molar-refractivity contribution in [3.05, 3.63) is 45.8 Å². The van der Waals surface area contributed by atoms with E-state index in [4.69, 9.17) is 4.42 Å². The fraction of sp³-hybridized carbons (Fsp3) is 0.500. The van der Waals surface area contributed by atoms with Crippen molar-refractivity contribution in [1.82, 2.24) is 0 Å². The zero-order chi connectivity index (χ0) is 15.5. The molecule has 1 unspecified atom stereocenters. The Kier molecular flexibility index (Phi) is 4.60. The van der Waals surface area contributed by atoms with E-state index in [9.17, 15) is 9.90 Å². The van der Waals surface area contributed by atoms with E-state index < -0.39 is 0 Å². The van der Waals surface area contributed by atoms with Gasteiger partial charge in [-0.1, -0.05) is 19.1 Å². The normalized spacial score (nSPS) is 22.1. The van der Waals surface area contributed by atoms with Crippen molar-refractivity contribution in [1.29, 1.82) is 0 Å². The number of nitrogens with one attached hydrogen (secondary N) is 1. The van der Waals surface area contributed by atoms with Crippen LogP contribution in [0, 0.1) is 5.92 Å². The summed E-state index contributed by atoms with van der Waals surface area (Å²) in [5, 5.41) is 10.4. The third kappa shape index (κ3) is 3.23. The van der Waals surface area contributed by atoms with Crippen LogP contribution in [0.15, 0.2) is 33.5 Å². The Balaban J connectivity index is 1.91. The lowest BCUT2D eigenvalue weighted by molar-refractivity contribution is -0.922. The monoisotopic (exact) mass is 302 g/mol. The minimum absolute atomic E-state index is 0.265. The summed E-state index contributed by atoms with van der Waals surface area (Å²) in [6.07, 6.45) is 3.18. The van der Waals surface area contributed by atoms with Crippen LogP contribution in [0.25, 0.3) is 11.0 Å². The summed E-state index contributed by atoms with van der Waals surface area (Å²) in [7, 11) is 0. The molecule has 0 amide bonds. The Bertz CT molecular complexity index is 707. The van der Waals surface area contributed by atoms with Crippen molar-refractivity contribution in [2.24, 2.45) is 5.92 Å². The van der Waals surface area contributed by atoms with E-state index >= 15 is 0 Å². The van der Waals surface area contributed by atoms with Crippen molar-refractivity contribution in [3.63, 3.8) is 0 Å². The van der Waals surface area contributed by atoms with E-state index in [1.54, 1.807) is 6.07 Å². The average molecular weight is 302 g/mol. The van der Waals surface area contributed by atoms with Gasteiger partial charge in [-0.25, -0.2) is 4.79 Å². The molecule has 3 rings (SSSR count). The van der Waals surface area contributed by atoms with Gasteiger partial charge in [0.05, 0.1) is 19.7 Å². The predicted molar refractivity (Wildman–Crippen MR) is 86.1 cm³/mol. The van der Waals surface area contributed by atoms with Crippen LogP contribution < -0.4 is 10.5 Å². The molecular formula is C18H24NO3+. The molecule has 1 aliphatic heterocycles. The molecule has 2 aromatic rings. The Morgan fingerprint density at radius 2 is 2.23 bits per heavy atom. The summed E-state index contributed by atoms with van der Waals surface area (Å²) in [5.41, 5.74) is 2.66. The van der Waals surface area contributed by atoms with Gasteiger partial charge in [-0.3, -0.25) is 0 Å². The van der Waals surface area contributed by atoms with Crippen LogP contribution in [0.1, 0.15) is 30.9 Å². The van der Waals surface area contributed by atoms with E-state index in [0.717, 1.165) is 49.8 Å². The minimum atomic E-state index is -0.272. The molecule has 2 N–H and O–H groups in total. The van der Waals surface area contributed by atoms with Crippen LogP contribution in [0.5, 0.6) is 0 Å². The number of quaternary nitrogens is 1. The van der Waals surface area contributed by atoms with Crippen molar-refractivity contribution in [3.8, 4) is 0 Å². The van der Waals surface area contributed by atoms with Gasteiger partial charge in [0, 0.05) is 22.9 Å². The number of hydrogen-bond acceptors (Lipinski definition) is 3. The summed E-state index contributed by atoms with van der Waals surface area (Å²) in [4.78, 5) is 13.3. The van der Waals surface area contributed by atoms with E-state index in [2.05, 4.69) is 19.1 Å². The Labute approximate surface area is 130 Å². The summed E-state index contributed by atoms with van der Waals surface area (Å²) >= 11 is 0. The van der Waals surface area contributed by atoms with E-state index in [-0.39, 0.29) is 12.2 Å². The quantitative estimate of drug-likeness (QED) is 0.833. The second-order valence-electron chi connectivity index (χ2n) is 6.35. The maximum absolute atomic E-state index is 11.9. The van der Waals surface area contributed by atoms with Crippen molar-refractivity contribution < 1.29 is 14.4 Å². The number of aryl methyl sites for hydroxylation is 1. The molecule has 1 aliphatic rings. The Morgan fingerprint density at radius 1 is 1.36 bits per heavy atom. The molecule has 4 heteroatoms. The average Bonchev–Trinajstić information content (AvgIpc) is 2.54. The predicted octanol–water partition coefficient (Wildman–Crippen LogP) is 1.14. The molecule has 0 spiro atoms. The first-order chi connectivity index (χ1) is 10.7. The number of piperidine rings is 1. The molecule has 22 heavy (non-hydrogen) atoms. The molecule has 2 atom stereocenters. The SMILES string of the molecule is CCc1ccc2c(C[NH+]3CCC[C@H](CO)C3)cc(=O)oc2c1. The molecular weight excluding hydrogens is 278 g/mol. The van der Waals surface area contributed by atoms with E-state index in [1.165, 1.54) is 10.5 Å².